The van der Waals surface area contributed by atoms with Crippen molar-refractivity contribution in [2.24, 2.45) is 0 Å². The Morgan fingerprint density at radius 3 is 2.64 bits per heavy atom. The summed E-state index contributed by atoms with van der Waals surface area (Å²) in [6.45, 7) is -0.240. The van der Waals surface area contributed by atoms with E-state index in [-0.39, 0.29) is 12.8 Å². The number of aliphatic hydroxyl groups is 1. The van der Waals surface area contributed by atoms with E-state index >= 15 is 0 Å². The lowest BCUT2D eigenvalue weighted by molar-refractivity contribution is -0.0197. The van der Waals surface area contributed by atoms with Crippen molar-refractivity contribution in [2.45, 2.75) is 43.4 Å². The minimum absolute atomic E-state index is 0.0197. The van der Waals surface area contributed by atoms with E-state index in [0.29, 0.717) is 29.2 Å². The second kappa shape index (κ2) is 7.60. The molecule has 2 saturated heterocycles. The molecule has 2 aromatic rings. The zero-order valence-corrected chi connectivity index (χ0v) is 15.9. The molecular formula is C21H21ClFNO4. The lowest BCUT2D eigenvalue weighted by Gasteiger charge is -2.38. The highest BCUT2D eigenvalue weighted by molar-refractivity contribution is 6.30. The molecule has 0 unspecified atom stereocenters. The fraction of sp³-hybridized carbons (Fsp3) is 0.381. The van der Waals surface area contributed by atoms with Crippen LogP contribution >= 0.6 is 11.6 Å². The van der Waals surface area contributed by atoms with E-state index in [1.54, 1.807) is 41.3 Å². The van der Waals surface area contributed by atoms with Crippen LogP contribution in [0.5, 0.6) is 5.75 Å². The number of carbonyl (C=O) groups excluding carboxylic acids is 1. The molecule has 2 aromatic carbocycles. The summed E-state index contributed by atoms with van der Waals surface area (Å²) < 4.78 is 24.4. The molecule has 0 aliphatic carbocycles. The Morgan fingerprint density at radius 2 is 1.96 bits per heavy atom. The zero-order valence-electron chi connectivity index (χ0n) is 15.2. The van der Waals surface area contributed by atoms with E-state index in [4.69, 9.17) is 21.1 Å². The van der Waals surface area contributed by atoms with Crippen molar-refractivity contribution in [3.63, 3.8) is 0 Å². The third-order valence-electron chi connectivity index (χ3n) is 5.76. The van der Waals surface area contributed by atoms with E-state index in [0.717, 1.165) is 12.8 Å². The fourth-order valence-electron chi connectivity index (χ4n) is 4.44. The zero-order chi connectivity index (χ0) is 19.7. The molecule has 28 heavy (non-hydrogen) atoms. The number of halogens is 2. The highest BCUT2D eigenvalue weighted by Gasteiger charge is 2.58. The predicted molar refractivity (Wildman–Crippen MR) is 102 cm³/mol. The van der Waals surface area contributed by atoms with Crippen LogP contribution in [0.2, 0.25) is 5.02 Å². The van der Waals surface area contributed by atoms with Gasteiger partial charge in [0.05, 0.1) is 5.54 Å². The van der Waals surface area contributed by atoms with Crippen molar-refractivity contribution in [3.05, 3.63) is 64.9 Å². The first-order chi connectivity index (χ1) is 13.5. The van der Waals surface area contributed by atoms with Crippen LogP contribution in [0.4, 0.5) is 9.18 Å². The van der Waals surface area contributed by atoms with Crippen LogP contribution in [0.3, 0.4) is 0 Å². The van der Waals surface area contributed by atoms with Crippen LogP contribution in [0.25, 0.3) is 0 Å². The second-order valence-electron chi connectivity index (χ2n) is 7.29. The molecule has 1 atom stereocenters. The molecule has 0 aromatic heterocycles. The van der Waals surface area contributed by atoms with Gasteiger partial charge in [0.2, 0.25) is 6.79 Å². The molecule has 2 aliphatic heterocycles. The molecule has 2 heterocycles. The summed E-state index contributed by atoms with van der Waals surface area (Å²) in [6, 6.07) is 12.7. The number of fused-ring (bicyclic) bond motifs is 2. The number of hydrogen-bond acceptors (Lipinski definition) is 4. The van der Waals surface area contributed by atoms with Gasteiger partial charge in [-0.2, -0.15) is 0 Å². The fourth-order valence-corrected chi connectivity index (χ4v) is 4.56. The molecule has 0 radical (unpaired) electrons. The van der Waals surface area contributed by atoms with Gasteiger partial charge in [0.25, 0.3) is 0 Å². The lowest BCUT2D eigenvalue weighted by atomic mass is 9.80. The van der Waals surface area contributed by atoms with Crippen LogP contribution in [0.1, 0.15) is 37.4 Å². The maximum atomic E-state index is 13.6. The lowest BCUT2D eigenvalue weighted by Crippen LogP contribution is -2.49. The molecular weight excluding hydrogens is 385 g/mol. The van der Waals surface area contributed by atoms with Crippen molar-refractivity contribution in [1.29, 1.82) is 0 Å². The molecule has 0 saturated carbocycles. The Morgan fingerprint density at radius 1 is 1.25 bits per heavy atom. The number of aliphatic hydroxyl groups excluding tert-OH is 1. The van der Waals surface area contributed by atoms with Gasteiger partial charge in [0, 0.05) is 11.1 Å². The van der Waals surface area contributed by atoms with Crippen LogP contribution in [-0.2, 0) is 4.74 Å². The summed E-state index contributed by atoms with van der Waals surface area (Å²) >= 11 is 5.83. The van der Waals surface area contributed by atoms with Gasteiger partial charge >= 0.3 is 6.09 Å². The highest BCUT2D eigenvalue weighted by atomic mass is 35.5. The Hall–Kier alpha value is -2.31. The largest absolute Gasteiger partial charge is 0.457 e. The molecule has 2 aliphatic rings. The Balaban J connectivity index is 1.45. The quantitative estimate of drug-likeness (QED) is 0.733. The Kier molecular flexibility index (Phi) is 5.17. The third kappa shape index (κ3) is 3.42. The van der Waals surface area contributed by atoms with E-state index in [1.165, 1.54) is 12.1 Å². The maximum absolute atomic E-state index is 13.6. The maximum Gasteiger partial charge on any atom is 0.413 e. The summed E-state index contributed by atoms with van der Waals surface area (Å²) in [5, 5.41) is 11.6. The van der Waals surface area contributed by atoms with E-state index in [9.17, 15) is 14.3 Å². The monoisotopic (exact) mass is 405 g/mol. The first kappa shape index (κ1) is 19.0. The van der Waals surface area contributed by atoms with Gasteiger partial charge in [-0.3, -0.25) is 4.90 Å². The molecule has 4 rings (SSSR count). The first-order valence-electron chi connectivity index (χ1n) is 9.27. The smallest absolute Gasteiger partial charge is 0.413 e. The van der Waals surface area contributed by atoms with Crippen molar-refractivity contribution < 1.29 is 23.8 Å². The van der Waals surface area contributed by atoms with Crippen LogP contribution in [0.15, 0.2) is 48.5 Å². The van der Waals surface area contributed by atoms with Crippen molar-refractivity contribution in [1.82, 2.24) is 4.90 Å². The number of nitrogens with zero attached hydrogens (tertiary/aromatic N) is 1. The van der Waals surface area contributed by atoms with Crippen molar-refractivity contribution in [3.8, 4) is 5.75 Å². The average molecular weight is 406 g/mol. The minimum Gasteiger partial charge on any atom is -0.457 e. The van der Waals surface area contributed by atoms with Gasteiger partial charge in [0.1, 0.15) is 17.7 Å². The third-order valence-corrected chi connectivity index (χ3v) is 6.01. The summed E-state index contributed by atoms with van der Waals surface area (Å²) in [4.78, 5) is 14.4. The van der Waals surface area contributed by atoms with Crippen molar-refractivity contribution >= 4 is 17.7 Å². The number of carbonyl (C=O) groups is 1. The van der Waals surface area contributed by atoms with Gasteiger partial charge in [-0.05, 0) is 67.6 Å². The van der Waals surface area contributed by atoms with Gasteiger partial charge in [-0.15, -0.1) is 0 Å². The van der Waals surface area contributed by atoms with Crippen LogP contribution in [-0.4, -0.2) is 34.5 Å². The topological polar surface area (TPSA) is 59.0 Å². The summed E-state index contributed by atoms with van der Waals surface area (Å²) in [5.41, 5.74) is -0.298. The number of ether oxygens (including phenoxy) is 2. The average Bonchev–Trinajstić information content (AvgIpc) is 3.26. The standard InChI is InChI=1S/C21H21ClFNO4/c22-15-4-6-18(7-5-15)27-13-28-20(26)24-17-8-10-21(24,11-9-17)19(25)14-2-1-3-16(23)12-14/h1-7,12,17,19,25H,8-11,13H2/t17?,19-,21?/m1/s1. The van der Waals surface area contributed by atoms with Crippen molar-refractivity contribution in [2.75, 3.05) is 6.79 Å². The molecule has 1 amide bonds. The van der Waals surface area contributed by atoms with Gasteiger partial charge in [-0.25, -0.2) is 9.18 Å². The van der Waals surface area contributed by atoms with Gasteiger partial charge in [-0.1, -0.05) is 23.7 Å². The number of hydrogen-bond donors (Lipinski definition) is 1. The second-order valence-corrected chi connectivity index (χ2v) is 7.73. The molecule has 0 spiro atoms. The van der Waals surface area contributed by atoms with E-state index < -0.39 is 23.6 Å². The molecule has 148 valence electrons. The molecule has 2 fully saturated rings. The summed E-state index contributed by atoms with van der Waals surface area (Å²) in [7, 11) is 0. The number of rotatable bonds is 5. The first-order valence-corrected chi connectivity index (χ1v) is 9.65. The predicted octanol–water partition coefficient (Wildman–Crippen LogP) is 4.68. The molecule has 5 nitrogen and oxygen atoms in total. The normalized spacial score (nSPS) is 24.2. The van der Waals surface area contributed by atoms with E-state index in [1.807, 2.05) is 0 Å². The number of benzene rings is 2. The van der Waals surface area contributed by atoms with Crippen LogP contribution < -0.4 is 4.74 Å². The highest BCUT2D eigenvalue weighted by Crippen LogP contribution is 2.53. The van der Waals surface area contributed by atoms with Crippen LogP contribution in [0, 0.1) is 5.82 Å². The van der Waals surface area contributed by atoms with E-state index in [2.05, 4.69) is 0 Å². The Bertz CT molecular complexity index is 852. The van der Waals surface area contributed by atoms with Gasteiger partial charge < -0.3 is 14.6 Å². The molecule has 1 N–H and O–H groups in total. The summed E-state index contributed by atoms with van der Waals surface area (Å²) in [6.07, 6.45) is 1.40. The minimum atomic E-state index is -0.972. The molecule has 7 heteroatoms. The van der Waals surface area contributed by atoms with Gasteiger partial charge in [0.15, 0.2) is 0 Å². The molecule has 2 bridgehead atoms. The Labute approximate surface area is 167 Å². The summed E-state index contributed by atoms with van der Waals surface area (Å²) in [5.74, 6) is 0.127. The SMILES string of the molecule is O=C(OCOc1ccc(Cl)cc1)N1C2CCC1([C@H](O)c1cccc(F)c1)CC2. The number of amides is 1.